The van der Waals surface area contributed by atoms with Crippen molar-refractivity contribution in [1.29, 1.82) is 0 Å². The van der Waals surface area contributed by atoms with Crippen LogP contribution in [0.5, 0.6) is 0 Å². The molecule has 104 valence electrons. The van der Waals surface area contributed by atoms with Crippen LogP contribution in [0.3, 0.4) is 0 Å². The summed E-state index contributed by atoms with van der Waals surface area (Å²) in [6.45, 7) is 0. The number of carbonyl (C=O) groups excluding carboxylic acids is 1. The lowest BCUT2D eigenvalue weighted by Gasteiger charge is -2.18. The van der Waals surface area contributed by atoms with Gasteiger partial charge in [0.2, 0.25) is 0 Å². The molecule has 0 radical (unpaired) electrons. The van der Waals surface area contributed by atoms with Crippen LogP contribution in [0.4, 0.5) is 5.69 Å². The topological polar surface area (TPSA) is 29.1 Å². The van der Waals surface area contributed by atoms with Gasteiger partial charge in [-0.05, 0) is 29.1 Å². The zero-order valence-corrected chi connectivity index (χ0v) is 12.2. The molecule has 0 aliphatic rings. The van der Waals surface area contributed by atoms with E-state index in [0.29, 0.717) is 0 Å². The summed E-state index contributed by atoms with van der Waals surface area (Å²) in [6, 6.07) is 23.0. The first-order valence-corrected chi connectivity index (χ1v) is 7.67. The van der Waals surface area contributed by atoms with Gasteiger partial charge in [-0.15, -0.1) is 11.3 Å². The maximum atomic E-state index is 12.8. The summed E-state index contributed by atoms with van der Waals surface area (Å²) in [6.07, 6.45) is 0. The van der Waals surface area contributed by atoms with Gasteiger partial charge in [0.1, 0.15) is 6.04 Å². The third kappa shape index (κ3) is 3.20. The van der Waals surface area contributed by atoms with Gasteiger partial charge in [-0.3, -0.25) is 4.79 Å². The number of carbonyl (C=O) groups is 1. The molecule has 21 heavy (non-hydrogen) atoms. The molecule has 0 bridgehead atoms. The Labute approximate surface area is 128 Å². The molecule has 0 saturated carbocycles. The minimum absolute atomic E-state index is 0.0973. The smallest absolute Gasteiger partial charge is 0.199 e. The third-order valence-electron chi connectivity index (χ3n) is 3.24. The monoisotopic (exact) mass is 293 g/mol. The van der Waals surface area contributed by atoms with Gasteiger partial charge in [0.05, 0.1) is 4.88 Å². The van der Waals surface area contributed by atoms with Gasteiger partial charge in [-0.25, -0.2) is 0 Å². The fraction of sp³-hybridized carbons (Fsp3) is 0.0556. The lowest BCUT2D eigenvalue weighted by Crippen LogP contribution is -2.20. The summed E-state index contributed by atoms with van der Waals surface area (Å²) in [5, 5.41) is 5.27. The highest BCUT2D eigenvalue weighted by molar-refractivity contribution is 7.12. The van der Waals surface area contributed by atoms with E-state index in [1.54, 1.807) is 0 Å². The molecule has 3 aromatic rings. The van der Waals surface area contributed by atoms with Crippen LogP contribution in [0.1, 0.15) is 21.3 Å². The van der Waals surface area contributed by atoms with E-state index in [-0.39, 0.29) is 11.8 Å². The molecule has 1 heterocycles. The molecule has 1 unspecified atom stereocenters. The molecule has 0 spiro atoms. The van der Waals surface area contributed by atoms with Crippen molar-refractivity contribution in [2.45, 2.75) is 6.04 Å². The van der Waals surface area contributed by atoms with Gasteiger partial charge in [0.15, 0.2) is 5.78 Å². The molecule has 2 nitrogen and oxygen atoms in total. The summed E-state index contributed by atoms with van der Waals surface area (Å²) < 4.78 is 0. The van der Waals surface area contributed by atoms with E-state index >= 15 is 0 Å². The first-order chi connectivity index (χ1) is 10.3. The Morgan fingerprint density at radius 3 is 2.14 bits per heavy atom. The van der Waals surface area contributed by atoms with Crippen LogP contribution in [0.2, 0.25) is 0 Å². The molecule has 3 rings (SSSR count). The fourth-order valence-corrected chi connectivity index (χ4v) is 2.90. The lowest BCUT2D eigenvalue weighted by molar-refractivity contribution is 0.0973. The Morgan fingerprint density at radius 2 is 1.52 bits per heavy atom. The molecule has 0 fully saturated rings. The third-order valence-corrected chi connectivity index (χ3v) is 4.13. The second kappa shape index (κ2) is 6.37. The van der Waals surface area contributed by atoms with Crippen LogP contribution in [0.25, 0.3) is 0 Å². The van der Waals surface area contributed by atoms with E-state index in [1.807, 2.05) is 78.2 Å². The Bertz CT molecular complexity index is 693. The molecule has 1 atom stereocenters. The largest absolute Gasteiger partial charge is 0.371 e. The number of Topliss-reactive ketones (excluding diaryl/α,β-unsaturated/α-hetero) is 1. The maximum absolute atomic E-state index is 12.8. The summed E-state index contributed by atoms with van der Waals surface area (Å²) in [4.78, 5) is 13.5. The Hall–Kier alpha value is -2.39. The van der Waals surface area contributed by atoms with Crippen LogP contribution >= 0.6 is 11.3 Å². The fourth-order valence-electron chi connectivity index (χ4n) is 2.21. The zero-order chi connectivity index (χ0) is 14.5. The minimum atomic E-state index is -0.368. The van der Waals surface area contributed by atoms with Gasteiger partial charge in [0, 0.05) is 5.69 Å². The molecule has 0 aliphatic carbocycles. The summed E-state index contributed by atoms with van der Waals surface area (Å²) in [5.74, 6) is 0.0973. The van der Waals surface area contributed by atoms with E-state index in [4.69, 9.17) is 0 Å². The van der Waals surface area contributed by atoms with E-state index in [0.717, 1.165) is 16.1 Å². The number of thiophene rings is 1. The van der Waals surface area contributed by atoms with Crippen molar-refractivity contribution in [3.63, 3.8) is 0 Å². The van der Waals surface area contributed by atoms with Gasteiger partial charge in [-0.2, -0.15) is 0 Å². The molecule has 2 aromatic carbocycles. The number of hydrogen-bond donors (Lipinski definition) is 1. The lowest BCUT2D eigenvalue weighted by atomic mass is 10.0. The normalized spacial score (nSPS) is 11.8. The van der Waals surface area contributed by atoms with E-state index in [9.17, 15) is 4.79 Å². The van der Waals surface area contributed by atoms with Gasteiger partial charge in [0.25, 0.3) is 0 Å². The Morgan fingerprint density at radius 1 is 0.857 bits per heavy atom. The molecule has 0 aliphatic heterocycles. The van der Waals surface area contributed by atoms with Crippen molar-refractivity contribution >= 4 is 22.8 Å². The van der Waals surface area contributed by atoms with E-state index < -0.39 is 0 Å². The number of ketones is 1. The molecule has 1 aromatic heterocycles. The molecular formula is C18H15NOS. The van der Waals surface area contributed by atoms with Crippen LogP contribution < -0.4 is 5.32 Å². The summed E-state index contributed by atoms with van der Waals surface area (Å²) >= 11 is 1.48. The number of benzene rings is 2. The van der Waals surface area contributed by atoms with E-state index in [1.165, 1.54) is 11.3 Å². The second-order valence-corrected chi connectivity index (χ2v) is 5.64. The highest BCUT2D eigenvalue weighted by Crippen LogP contribution is 2.25. The average molecular weight is 293 g/mol. The van der Waals surface area contributed by atoms with Crippen molar-refractivity contribution in [1.82, 2.24) is 0 Å². The number of para-hydroxylation sites is 1. The van der Waals surface area contributed by atoms with Crippen molar-refractivity contribution in [2.75, 3.05) is 5.32 Å². The SMILES string of the molecule is O=C(c1cccs1)C(Nc1ccccc1)c1ccccc1. The van der Waals surface area contributed by atoms with Crippen molar-refractivity contribution < 1.29 is 4.79 Å². The maximum Gasteiger partial charge on any atom is 0.199 e. The molecule has 0 amide bonds. The summed E-state index contributed by atoms with van der Waals surface area (Å²) in [5.41, 5.74) is 1.91. The van der Waals surface area contributed by atoms with Gasteiger partial charge >= 0.3 is 0 Å². The minimum Gasteiger partial charge on any atom is -0.371 e. The number of rotatable bonds is 5. The standard InChI is InChI=1S/C18H15NOS/c20-18(16-12-7-13-21-16)17(14-8-3-1-4-9-14)19-15-10-5-2-6-11-15/h1-13,17,19H. The predicted molar refractivity (Wildman–Crippen MR) is 87.9 cm³/mol. The zero-order valence-electron chi connectivity index (χ0n) is 11.4. The van der Waals surface area contributed by atoms with Crippen molar-refractivity contribution in [3.05, 3.63) is 88.6 Å². The number of anilines is 1. The first kappa shape index (κ1) is 13.6. The Balaban J connectivity index is 1.93. The number of nitrogens with one attached hydrogen (secondary N) is 1. The summed E-state index contributed by atoms with van der Waals surface area (Å²) in [7, 11) is 0. The van der Waals surface area contributed by atoms with Crippen molar-refractivity contribution in [3.8, 4) is 0 Å². The highest BCUT2D eigenvalue weighted by atomic mass is 32.1. The first-order valence-electron chi connectivity index (χ1n) is 6.79. The van der Waals surface area contributed by atoms with Gasteiger partial charge < -0.3 is 5.32 Å². The van der Waals surface area contributed by atoms with E-state index in [2.05, 4.69) is 5.32 Å². The van der Waals surface area contributed by atoms with Gasteiger partial charge in [-0.1, -0.05) is 54.6 Å². The second-order valence-electron chi connectivity index (χ2n) is 4.70. The quantitative estimate of drug-likeness (QED) is 0.686. The number of hydrogen-bond acceptors (Lipinski definition) is 3. The predicted octanol–water partition coefficient (Wildman–Crippen LogP) is 4.78. The molecule has 3 heteroatoms. The average Bonchev–Trinajstić information content (AvgIpc) is 3.08. The van der Waals surface area contributed by atoms with Crippen LogP contribution in [0.15, 0.2) is 78.2 Å². The van der Waals surface area contributed by atoms with Crippen LogP contribution in [0, 0.1) is 0 Å². The Kier molecular flexibility index (Phi) is 4.12. The van der Waals surface area contributed by atoms with Crippen LogP contribution in [-0.2, 0) is 0 Å². The van der Waals surface area contributed by atoms with Crippen LogP contribution in [-0.4, -0.2) is 5.78 Å². The molecule has 1 N–H and O–H groups in total. The molecular weight excluding hydrogens is 278 g/mol. The molecule has 0 saturated heterocycles. The van der Waals surface area contributed by atoms with Crippen molar-refractivity contribution in [2.24, 2.45) is 0 Å². The highest BCUT2D eigenvalue weighted by Gasteiger charge is 2.22.